The summed E-state index contributed by atoms with van der Waals surface area (Å²) in [5, 5.41) is 4.37. The minimum Gasteiger partial charge on any atom is -0.479 e. The molecule has 0 saturated carbocycles. The minimum absolute atomic E-state index is 0.141. The quantitative estimate of drug-likeness (QED) is 0.604. The predicted octanol–water partition coefficient (Wildman–Crippen LogP) is 4.04. The molecule has 1 atom stereocenters. The Kier molecular flexibility index (Phi) is 5.48. The van der Waals surface area contributed by atoms with Crippen LogP contribution in [0.2, 0.25) is 5.02 Å². The maximum atomic E-state index is 12.9. The van der Waals surface area contributed by atoms with Gasteiger partial charge in [0, 0.05) is 10.6 Å². The highest BCUT2D eigenvalue weighted by Gasteiger charge is 2.18. The summed E-state index contributed by atoms with van der Waals surface area (Å²) in [5.74, 6) is -0.162. The van der Waals surface area contributed by atoms with E-state index >= 15 is 0 Å². The fourth-order valence-corrected chi connectivity index (χ4v) is 2.26. The van der Waals surface area contributed by atoms with Gasteiger partial charge in [0.2, 0.25) is 5.82 Å². The minimum atomic E-state index is -0.879. The summed E-state index contributed by atoms with van der Waals surface area (Å²) in [6, 6.07) is 12.3. The molecule has 0 spiro atoms. The molecule has 26 heavy (non-hydrogen) atoms. The average molecular weight is 377 g/mol. The van der Waals surface area contributed by atoms with Crippen molar-refractivity contribution in [3.8, 4) is 17.1 Å². The van der Waals surface area contributed by atoms with E-state index in [1.165, 1.54) is 31.2 Å². The van der Waals surface area contributed by atoms with Gasteiger partial charge in [-0.15, -0.1) is 0 Å². The molecule has 0 amide bonds. The molecule has 2 aromatic carbocycles. The molecule has 1 aromatic heterocycles. The van der Waals surface area contributed by atoms with Crippen molar-refractivity contribution < 1.29 is 23.2 Å². The lowest BCUT2D eigenvalue weighted by molar-refractivity contribution is -0.153. The molecule has 0 N–H and O–H groups in total. The second-order valence-corrected chi connectivity index (χ2v) is 5.78. The van der Waals surface area contributed by atoms with Crippen LogP contribution in [-0.2, 0) is 16.1 Å². The molecule has 3 rings (SSSR count). The van der Waals surface area contributed by atoms with Crippen molar-refractivity contribution in [2.45, 2.75) is 19.6 Å². The topological polar surface area (TPSA) is 74.5 Å². The highest BCUT2D eigenvalue weighted by atomic mass is 35.5. The normalized spacial score (nSPS) is 11.8. The van der Waals surface area contributed by atoms with Gasteiger partial charge in [-0.25, -0.2) is 9.18 Å². The number of halogens is 2. The molecule has 0 aliphatic carbocycles. The standard InChI is InChI=1S/C18H14ClFN2O4/c1-11(25-15-7-5-14(20)6-8-15)18(23)24-10-16-21-17(22-26-16)12-3-2-4-13(19)9-12/h2-9,11H,10H2,1H3/t11-/m1/s1. The summed E-state index contributed by atoms with van der Waals surface area (Å²) in [6.07, 6.45) is -0.879. The summed E-state index contributed by atoms with van der Waals surface area (Å²) < 4.78 is 28.4. The molecule has 0 bridgehead atoms. The number of aromatic nitrogens is 2. The Morgan fingerprint density at radius 1 is 1.27 bits per heavy atom. The summed E-state index contributed by atoms with van der Waals surface area (Å²) >= 11 is 5.92. The zero-order valence-electron chi connectivity index (χ0n) is 13.7. The molecule has 1 heterocycles. The Labute approximate surface area is 153 Å². The lowest BCUT2D eigenvalue weighted by Gasteiger charge is -2.13. The Morgan fingerprint density at radius 3 is 2.77 bits per heavy atom. The first-order valence-corrected chi connectivity index (χ1v) is 8.06. The zero-order valence-corrected chi connectivity index (χ0v) is 14.4. The van der Waals surface area contributed by atoms with Gasteiger partial charge >= 0.3 is 5.97 Å². The second-order valence-electron chi connectivity index (χ2n) is 5.34. The molecular weight excluding hydrogens is 363 g/mol. The second kappa shape index (κ2) is 7.97. The van der Waals surface area contributed by atoms with Gasteiger partial charge in [0.1, 0.15) is 11.6 Å². The van der Waals surface area contributed by atoms with E-state index in [4.69, 9.17) is 25.6 Å². The van der Waals surface area contributed by atoms with E-state index in [-0.39, 0.29) is 18.3 Å². The molecule has 0 aliphatic heterocycles. The van der Waals surface area contributed by atoms with Crippen molar-refractivity contribution in [2.24, 2.45) is 0 Å². The van der Waals surface area contributed by atoms with Crippen LogP contribution in [0.25, 0.3) is 11.4 Å². The molecule has 0 fully saturated rings. The summed E-state index contributed by atoms with van der Waals surface area (Å²) in [5.41, 5.74) is 0.687. The summed E-state index contributed by atoms with van der Waals surface area (Å²) in [4.78, 5) is 16.1. The predicted molar refractivity (Wildman–Crippen MR) is 91.0 cm³/mol. The van der Waals surface area contributed by atoms with Crippen molar-refractivity contribution in [2.75, 3.05) is 0 Å². The van der Waals surface area contributed by atoms with Crippen LogP contribution in [0.4, 0.5) is 4.39 Å². The number of hydrogen-bond acceptors (Lipinski definition) is 6. The van der Waals surface area contributed by atoms with E-state index in [1.54, 1.807) is 24.3 Å². The van der Waals surface area contributed by atoms with Crippen molar-refractivity contribution in [1.82, 2.24) is 10.1 Å². The van der Waals surface area contributed by atoms with Gasteiger partial charge in [0.25, 0.3) is 5.89 Å². The Bertz CT molecular complexity index is 898. The maximum absolute atomic E-state index is 12.9. The highest BCUT2D eigenvalue weighted by Crippen LogP contribution is 2.20. The number of esters is 1. The van der Waals surface area contributed by atoms with E-state index in [9.17, 15) is 9.18 Å². The Hall–Kier alpha value is -2.93. The fraction of sp³-hybridized carbons (Fsp3) is 0.167. The van der Waals surface area contributed by atoms with Gasteiger partial charge in [0.05, 0.1) is 0 Å². The van der Waals surface area contributed by atoms with Crippen LogP contribution in [-0.4, -0.2) is 22.2 Å². The first-order chi connectivity index (χ1) is 12.5. The number of benzene rings is 2. The van der Waals surface area contributed by atoms with Crippen molar-refractivity contribution in [1.29, 1.82) is 0 Å². The number of hydrogen-bond donors (Lipinski definition) is 0. The lowest BCUT2D eigenvalue weighted by atomic mass is 10.2. The third kappa shape index (κ3) is 4.58. The first-order valence-electron chi connectivity index (χ1n) is 7.68. The smallest absolute Gasteiger partial charge is 0.347 e. The number of rotatable bonds is 6. The Morgan fingerprint density at radius 2 is 2.04 bits per heavy atom. The molecular formula is C18H14ClFN2O4. The summed E-state index contributed by atoms with van der Waals surface area (Å²) in [7, 11) is 0. The molecule has 6 nitrogen and oxygen atoms in total. The summed E-state index contributed by atoms with van der Waals surface area (Å²) in [6.45, 7) is 1.33. The van der Waals surface area contributed by atoms with E-state index in [0.29, 0.717) is 22.2 Å². The van der Waals surface area contributed by atoms with Crippen LogP contribution in [0.15, 0.2) is 53.1 Å². The van der Waals surface area contributed by atoms with Gasteiger partial charge < -0.3 is 14.0 Å². The SMILES string of the molecule is C[C@@H](Oc1ccc(F)cc1)C(=O)OCc1nc(-c2cccc(Cl)c2)no1. The van der Waals surface area contributed by atoms with Gasteiger partial charge in [0.15, 0.2) is 12.7 Å². The molecule has 0 aliphatic rings. The lowest BCUT2D eigenvalue weighted by Crippen LogP contribution is -2.26. The number of ether oxygens (including phenoxy) is 2. The van der Waals surface area contributed by atoms with Crippen LogP contribution >= 0.6 is 11.6 Å². The van der Waals surface area contributed by atoms with Crippen LogP contribution in [0.5, 0.6) is 5.75 Å². The van der Waals surface area contributed by atoms with Crippen LogP contribution < -0.4 is 4.74 Å². The van der Waals surface area contributed by atoms with Gasteiger partial charge in [-0.3, -0.25) is 0 Å². The van der Waals surface area contributed by atoms with E-state index in [2.05, 4.69) is 10.1 Å². The maximum Gasteiger partial charge on any atom is 0.347 e. The number of carbonyl (C=O) groups excluding carboxylic acids is 1. The first kappa shape index (κ1) is 17.9. The van der Waals surface area contributed by atoms with Crippen molar-refractivity contribution >= 4 is 17.6 Å². The molecule has 0 unspecified atom stereocenters. The zero-order chi connectivity index (χ0) is 18.5. The fourth-order valence-electron chi connectivity index (χ4n) is 2.07. The average Bonchev–Trinajstić information content (AvgIpc) is 3.10. The van der Waals surface area contributed by atoms with E-state index in [0.717, 1.165) is 0 Å². The van der Waals surface area contributed by atoms with Crippen LogP contribution in [0, 0.1) is 5.82 Å². The van der Waals surface area contributed by atoms with E-state index < -0.39 is 12.1 Å². The largest absolute Gasteiger partial charge is 0.479 e. The molecule has 134 valence electrons. The van der Waals surface area contributed by atoms with Gasteiger partial charge in [-0.05, 0) is 43.3 Å². The highest BCUT2D eigenvalue weighted by molar-refractivity contribution is 6.30. The molecule has 3 aromatic rings. The van der Waals surface area contributed by atoms with Crippen molar-refractivity contribution in [3.63, 3.8) is 0 Å². The molecule has 0 saturated heterocycles. The van der Waals surface area contributed by atoms with Crippen LogP contribution in [0.1, 0.15) is 12.8 Å². The Balaban J connectivity index is 1.55. The van der Waals surface area contributed by atoms with E-state index in [1.807, 2.05) is 0 Å². The monoisotopic (exact) mass is 376 g/mol. The van der Waals surface area contributed by atoms with Gasteiger partial charge in [-0.1, -0.05) is 28.9 Å². The van der Waals surface area contributed by atoms with Crippen LogP contribution in [0.3, 0.4) is 0 Å². The van der Waals surface area contributed by atoms with Crippen molar-refractivity contribution in [3.05, 3.63) is 65.3 Å². The molecule has 8 heteroatoms. The third-order valence-electron chi connectivity index (χ3n) is 3.35. The number of nitrogens with zero attached hydrogens (tertiary/aromatic N) is 2. The number of carbonyl (C=O) groups is 1. The third-order valence-corrected chi connectivity index (χ3v) is 3.58. The van der Waals surface area contributed by atoms with Gasteiger partial charge in [-0.2, -0.15) is 4.98 Å². The molecule has 0 radical (unpaired) electrons.